The number of halogens is 1. The Balaban J connectivity index is 2.38. The first-order valence-electron chi connectivity index (χ1n) is 6.20. The van der Waals surface area contributed by atoms with Gasteiger partial charge in [-0.25, -0.2) is 0 Å². The molecule has 4 nitrogen and oxygen atoms in total. The van der Waals surface area contributed by atoms with E-state index in [1.807, 2.05) is 12.1 Å². The summed E-state index contributed by atoms with van der Waals surface area (Å²) < 4.78 is 11.4. The third kappa shape index (κ3) is 3.21. The molecule has 0 radical (unpaired) electrons. The number of aliphatic carboxylic acids is 1. The van der Waals surface area contributed by atoms with Crippen LogP contribution >= 0.6 is 15.9 Å². The van der Waals surface area contributed by atoms with Gasteiger partial charge in [-0.1, -0.05) is 15.9 Å². The molecule has 1 aliphatic rings. The lowest BCUT2D eigenvalue weighted by atomic mass is 9.91. The van der Waals surface area contributed by atoms with Gasteiger partial charge in [0.15, 0.2) is 11.5 Å². The number of benzene rings is 1. The molecule has 1 aromatic carbocycles. The summed E-state index contributed by atoms with van der Waals surface area (Å²) >= 11 is 3.51. The Hall–Kier alpha value is -1.23. The number of hydrogen-bond donors (Lipinski definition) is 1. The average Bonchev–Trinajstić information content (AvgIpc) is 3.20. The zero-order chi connectivity index (χ0) is 14.0. The van der Waals surface area contributed by atoms with Crippen LogP contribution in [0.15, 0.2) is 16.6 Å². The molecule has 0 aliphatic heterocycles. The summed E-state index contributed by atoms with van der Waals surface area (Å²) in [5, 5.41) is 9.07. The first-order valence-corrected chi connectivity index (χ1v) is 6.99. The van der Waals surface area contributed by atoms with E-state index in [1.165, 1.54) is 0 Å². The van der Waals surface area contributed by atoms with E-state index in [2.05, 4.69) is 15.9 Å². The molecule has 0 heterocycles. The molecule has 1 aliphatic carbocycles. The van der Waals surface area contributed by atoms with E-state index in [1.54, 1.807) is 14.2 Å². The van der Waals surface area contributed by atoms with Crippen LogP contribution < -0.4 is 9.47 Å². The van der Waals surface area contributed by atoms with Crippen molar-refractivity contribution in [3.05, 3.63) is 22.2 Å². The monoisotopic (exact) mass is 328 g/mol. The average molecular weight is 329 g/mol. The number of carboxylic acid groups (broad SMARTS) is 1. The fourth-order valence-corrected chi connectivity index (χ4v) is 2.99. The number of carboxylic acids is 1. The molecular formula is C14H17BrO4. The van der Waals surface area contributed by atoms with Gasteiger partial charge in [-0.05, 0) is 42.4 Å². The van der Waals surface area contributed by atoms with Crippen LogP contribution in [-0.4, -0.2) is 25.3 Å². The number of methoxy groups -OCH3 is 2. The Morgan fingerprint density at radius 3 is 2.42 bits per heavy atom. The van der Waals surface area contributed by atoms with Gasteiger partial charge in [0.1, 0.15) is 0 Å². The van der Waals surface area contributed by atoms with E-state index < -0.39 is 5.97 Å². The zero-order valence-corrected chi connectivity index (χ0v) is 12.6. The molecule has 104 valence electrons. The van der Waals surface area contributed by atoms with E-state index >= 15 is 0 Å². The molecule has 1 unspecified atom stereocenters. The highest BCUT2D eigenvalue weighted by molar-refractivity contribution is 9.10. The van der Waals surface area contributed by atoms with Crippen LogP contribution in [0.5, 0.6) is 11.5 Å². The first-order chi connectivity index (χ1) is 9.06. The molecule has 1 N–H and O–H groups in total. The molecule has 0 aromatic heterocycles. The molecule has 1 aromatic rings. The molecule has 0 saturated heterocycles. The summed E-state index contributed by atoms with van der Waals surface area (Å²) in [6.07, 6.45) is 2.34. The lowest BCUT2D eigenvalue weighted by molar-refractivity contribution is -0.137. The van der Waals surface area contributed by atoms with Gasteiger partial charge in [0.05, 0.1) is 20.6 Å². The van der Waals surface area contributed by atoms with Gasteiger partial charge < -0.3 is 14.6 Å². The molecule has 0 bridgehead atoms. The molecule has 1 atom stereocenters. The minimum Gasteiger partial charge on any atom is -0.493 e. The van der Waals surface area contributed by atoms with Crippen molar-refractivity contribution in [3.63, 3.8) is 0 Å². The summed E-state index contributed by atoms with van der Waals surface area (Å²) in [7, 11) is 3.17. The number of ether oxygens (including phenoxy) is 2. The predicted molar refractivity (Wildman–Crippen MR) is 75.0 cm³/mol. The molecular weight excluding hydrogens is 312 g/mol. The first kappa shape index (κ1) is 14.2. The number of hydrogen-bond acceptors (Lipinski definition) is 3. The van der Waals surface area contributed by atoms with Gasteiger partial charge in [0.25, 0.3) is 0 Å². The van der Waals surface area contributed by atoms with Crippen LogP contribution in [0.3, 0.4) is 0 Å². The standard InChI is InChI=1S/C14H17BrO4/c1-18-12-5-10(11(15)7-13(12)19-2)9(6-14(16)17)8-3-4-8/h5,7-9H,3-4,6H2,1-2H3,(H,16,17). The molecule has 0 spiro atoms. The highest BCUT2D eigenvalue weighted by Crippen LogP contribution is 2.48. The van der Waals surface area contributed by atoms with E-state index in [4.69, 9.17) is 14.6 Å². The van der Waals surface area contributed by atoms with Crippen molar-refractivity contribution in [2.24, 2.45) is 5.92 Å². The third-order valence-electron chi connectivity index (χ3n) is 3.49. The molecule has 1 saturated carbocycles. The summed E-state index contributed by atoms with van der Waals surface area (Å²) in [5.41, 5.74) is 0.988. The van der Waals surface area contributed by atoms with Gasteiger partial charge in [-0.15, -0.1) is 0 Å². The van der Waals surface area contributed by atoms with Gasteiger partial charge in [-0.2, -0.15) is 0 Å². The van der Waals surface area contributed by atoms with Crippen molar-refractivity contribution in [1.82, 2.24) is 0 Å². The summed E-state index contributed by atoms with van der Waals surface area (Å²) in [6.45, 7) is 0. The maximum absolute atomic E-state index is 11.0. The highest BCUT2D eigenvalue weighted by Gasteiger charge is 2.35. The van der Waals surface area contributed by atoms with E-state index in [-0.39, 0.29) is 12.3 Å². The Morgan fingerprint density at radius 2 is 1.95 bits per heavy atom. The predicted octanol–water partition coefficient (Wildman–Crippen LogP) is 3.43. The van der Waals surface area contributed by atoms with Crippen molar-refractivity contribution >= 4 is 21.9 Å². The van der Waals surface area contributed by atoms with Gasteiger partial charge in [0.2, 0.25) is 0 Å². The molecule has 1 fully saturated rings. The van der Waals surface area contributed by atoms with E-state index in [0.717, 1.165) is 22.9 Å². The topological polar surface area (TPSA) is 55.8 Å². The van der Waals surface area contributed by atoms with Crippen LogP contribution in [0.4, 0.5) is 0 Å². The van der Waals surface area contributed by atoms with E-state index in [0.29, 0.717) is 17.4 Å². The van der Waals surface area contributed by atoms with Crippen LogP contribution in [-0.2, 0) is 4.79 Å². The second-order valence-electron chi connectivity index (χ2n) is 4.77. The molecule has 5 heteroatoms. The molecule has 19 heavy (non-hydrogen) atoms. The Labute approximate surface area is 120 Å². The molecule has 2 rings (SSSR count). The maximum atomic E-state index is 11.0. The SMILES string of the molecule is COc1cc(Br)c(C(CC(=O)O)C2CC2)cc1OC. The number of rotatable bonds is 6. The summed E-state index contributed by atoms with van der Waals surface area (Å²) in [5.74, 6) is 1.01. The van der Waals surface area contributed by atoms with Crippen LogP contribution in [0.2, 0.25) is 0 Å². The number of carbonyl (C=O) groups is 1. The maximum Gasteiger partial charge on any atom is 0.303 e. The van der Waals surface area contributed by atoms with Gasteiger partial charge in [0, 0.05) is 4.47 Å². The third-order valence-corrected chi connectivity index (χ3v) is 4.17. The lowest BCUT2D eigenvalue weighted by Gasteiger charge is -2.19. The largest absolute Gasteiger partial charge is 0.493 e. The van der Waals surface area contributed by atoms with Crippen molar-refractivity contribution < 1.29 is 19.4 Å². The second kappa shape index (κ2) is 5.82. The van der Waals surface area contributed by atoms with Gasteiger partial charge in [-0.3, -0.25) is 4.79 Å². The Kier molecular flexibility index (Phi) is 4.34. The molecule has 0 amide bonds. The fraction of sp³-hybridized carbons (Fsp3) is 0.500. The Morgan fingerprint density at radius 1 is 1.37 bits per heavy atom. The van der Waals surface area contributed by atoms with Crippen molar-refractivity contribution in [1.29, 1.82) is 0 Å². The second-order valence-corrected chi connectivity index (χ2v) is 5.62. The summed E-state index contributed by atoms with van der Waals surface area (Å²) in [6, 6.07) is 3.72. The van der Waals surface area contributed by atoms with Crippen molar-refractivity contribution in [3.8, 4) is 11.5 Å². The lowest BCUT2D eigenvalue weighted by Crippen LogP contribution is -2.09. The minimum atomic E-state index is -0.765. The summed E-state index contributed by atoms with van der Waals surface area (Å²) in [4.78, 5) is 11.0. The van der Waals surface area contributed by atoms with Crippen LogP contribution in [0.1, 0.15) is 30.7 Å². The van der Waals surface area contributed by atoms with Crippen molar-refractivity contribution in [2.45, 2.75) is 25.2 Å². The van der Waals surface area contributed by atoms with Gasteiger partial charge >= 0.3 is 5.97 Å². The van der Waals surface area contributed by atoms with Crippen molar-refractivity contribution in [2.75, 3.05) is 14.2 Å². The van der Waals surface area contributed by atoms with Crippen LogP contribution in [0, 0.1) is 5.92 Å². The van der Waals surface area contributed by atoms with E-state index in [9.17, 15) is 4.79 Å². The van der Waals surface area contributed by atoms with Crippen LogP contribution in [0.25, 0.3) is 0 Å². The highest BCUT2D eigenvalue weighted by atomic mass is 79.9. The fourth-order valence-electron chi connectivity index (χ4n) is 2.37. The smallest absolute Gasteiger partial charge is 0.303 e. The quantitative estimate of drug-likeness (QED) is 0.869. The Bertz CT molecular complexity index is 483. The normalized spacial score (nSPS) is 15.9. The zero-order valence-electron chi connectivity index (χ0n) is 11.0. The minimum absolute atomic E-state index is 0.0340.